The molecule has 0 spiro atoms. The van der Waals surface area contributed by atoms with Gasteiger partial charge in [0.25, 0.3) is 0 Å². The second-order valence-electron chi connectivity index (χ2n) is 4.40. The number of rotatable bonds is 3. The molecule has 8 heteroatoms. The van der Waals surface area contributed by atoms with Crippen LogP contribution in [0.1, 0.15) is 12.6 Å². The number of aromatic nitrogens is 4. The van der Waals surface area contributed by atoms with Crippen molar-refractivity contribution >= 4 is 17.0 Å². The molecule has 102 valence electrons. The van der Waals surface area contributed by atoms with Crippen molar-refractivity contribution in [1.29, 1.82) is 0 Å². The summed E-state index contributed by atoms with van der Waals surface area (Å²) in [5.41, 5.74) is 6.91. The van der Waals surface area contributed by atoms with E-state index in [1.165, 1.54) is 6.33 Å². The standard InChI is InChI=1S/C11H15N5O3/c1-18-6-2-8(19-7(6)3-17)16-5-15-9-10(12)13-4-14-11(9)16/h4-8,17H,2-3H2,1H3,(H2,12,13,14)/t6-,7+,8+/m0/s1. The van der Waals surface area contributed by atoms with Gasteiger partial charge in [-0.2, -0.15) is 0 Å². The van der Waals surface area contributed by atoms with Crippen LogP contribution in [0.15, 0.2) is 12.7 Å². The summed E-state index contributed by atoms with van der Waals surface area (Å²) in [4.78, 5) is 12.3. The monoisotopic (exact) mass is 265 g/mol. The van der Waals surface area contributed by atoms with Gasteiger partial charge in [-0.15, -0.1) is 0 Å². The van der Waals surface area contributed by atoms with E-state index in [2.05, 4.69) is 15.0 Å². The maximum Gasteiger partial charge on any atom is 0.167 e. The maximum absolute atomic E-state index is 9.26. The highest BCUT2D eigenvalue weighted by Gasteiger charge is 2.36. The van der Waals surface area contributed by atoms with Gasteiger partial charge < -0.3 is 20.3 Å². The van der Waals surface area contributed by atoms with Crippen LogP contribution in [0.5, 0.6) is 0 Å². The van der Waals surface area contributed by atoms with Crippen LogP contribution in [0.25, 0.3) is 11.2 Å². The van der Waals surface area contributed by atoms with Crippen LogP contribution in [0.4, 0.5) is 5.82 Å². The minimum absolute atomic E-state index is 0.0846. The number of nitrogens with two attached hydrogens (primary N) is 1. The summed E-state index contributed by atoms with van der Waals surface area (Å²) in [5, 5.41) is 9.26. The molecule has 2 aromatic heterocycles. The van der Waals surface area contributed by atoms with Crippen LogP contribution < -0.4 is 5.73 Å². The number of hydrogen-bond acceptors (Lipinski definition) is 7. The lowest BCUT2D eigenvalue weighted by Gasteiger charge is -2.14. The molecule has 8 nitrogen and oxygen atoms in total. The van der Waals surface area contributed by atoms with Crippen molar-refractivity contribution in [2.24, 2.45) is 0 Å². The third kappa shape index (κ3) is 1.93. The van der Waals surface area contributed by atoms with E-state index in [0.717, 1.165) is 0 Å². The lowest BCUT2D eigenvalue weighted by molar-refractivity contribution is -0.0512. The minimum Gasteiger partial charge on any atom is -0.394 e. The number of ether oxygens (including phenoxy) is 2. The molecule has 1 aliphatic heterocycles. The smallest absolute Gasteiger partial charge is 0.167 e. The van der Waals surface area contributed by atoms with E-state index in [1.54, 1.807) is 18.0 Å². The number of aliphatic hydroxyl groups is 1. The van der Waals surface area contributed by atoms with E-state index in [4.69, 9.17) is 15.2 Å². The molecule has 0 bridgehead atoms. The third-order valence-corrected chi connectivity index (χ3v) is 3.36. The number of fused-ring (bicyclic) bond motifs is 1. The SMILES string of the molecule is CO[C@H]1C[C@H](n2cnc3c(N)ncnc32)O[C@@H]1CO. The largest absolute Gasteiger partial charge is 0.394 e. The Kier molecular flexibility index (Phi) is 3.05. The van der Waals surface area contributed by atoms with Crippen molar-refractivity contribution < 1.29 is 14.6 Å². The molecule has 1 saturated heterocycles. The normalized spacial score (nSPS) is 27.2. The van der Waals surface area contributed by atoms with Crippen molar-refractivity contribution in [2.45, 2.75) is 24.9 Å². The first-order valence-corrected chi connectivity index (χ1v) is 5.96. The molecule has 0 radical (unpaired) electrons. The quantitative estimate of drug-likeness (QED) is 0.784. The van der Waals surface area contributed by atoms with Crippen LogP contribution in [-0.4, -0.2) is 50.6 Å². The van der Waals surface area contributed by atoms with Crippen molar-refractivity contribution in [1.82, 2.24) is 19.5 Å². The predicted molar refractivity (Wildman–Crippen MR) is 66.1 cm³/mol. The fourth-order valence-corrected chi connectivity index (χ4v) is 2.36. The minimum atomic E-state index is -0.341. The summed E-state index contributed by atoms with van der Waals surface area (Å²) in [5.74, 6) is 0.337. The van der Waals surface area contributed by atoms with E-state index in [0.29, 0.717) is 23.4 Å². The van der Waals surface area contributed by atoms with Gasteiger partial charge >= 0.3 is 0 Å². The number of methoxy groups -OCH3 is 1. The van der Waals surface area contributed by atoms with Gasteiger partial charge in [-0.1, -0.05) is 0 Å². The third-order valence-electron chi connectivity index (χ3n) is 3.36. The zero-order valence-electron chi connectivity index (χ0n) is 10.4. The molecule has 0 saturated carbocycles. The molecule has 0 amide bonds. The molecular weight excluding hydrogens is 250 g/mol. The number of anilines is 1. The lowest BCUT2D eigenvalue weighted by Crippen LogP contribution is -2.26. The maximum atomic E-state index is 9.26. The van der Waals surface area contributed by atoms with Crippen LogP contribution >= 0.6 is 0 Å². The summed E-state index contributed by atoms with van der Waals surface area (Å²) in [6.07, 6.45) is 2.87. The molecule has 3 atom stereocenters. The van der Waals surface area contributed by atoms with Crippen LogP contribution in [-0.2, 0) is 9.47 Å². The molecule has 19 heavy (non-hydrogen) atoms. The number of hydrogen-bond donors (Lipinski definition) is 2. The summed E-state index contributed by atoms with van der Waals surface area (Å²) in [6, 6.07) is 0. The molecule has 0 unspecified atom stereocenters. The summed E-state index contributed by atoms with van der Waals surface area (Å²) in [6.45, 7) is -0.0846. The Morgan fingerprint density at radius 1 is 1.53 bits per heavy atom. The van der Waals surface area contributed by atoms with E-state index >= 15 is 0 Å². The Balaban J connectivity index is 1.95. The molecule has 3 rings (SSSR count). The fourth-order valence-electron chi connectivity index (χ4n) is 2.36. The number of nitrogen functional groups attached to an aromatic ring is 1. The first kappa shape index (κ1) is 12.3. The molecule has 1 aliphatic rings. The highest BCUT2D eigenvalue weighted by Crippen LogP contribution is 2.32. The Bertz CT molecular complexity index is 575. The van der Waals surface area contributed by atoms with E-state index in [1.807, 2.05) is 0 Å². The molecule has 2 aromatic rings. The first-order chi connectivity index (χ1) is 9.24. The molecule has 0 aromatic carbocycles. The topological polar surface area (TPSA) is 108 Å². The zero-order chi connectivity index (χ0) is 13.4. The van der Waals surface area contributed by atoms with Gasteiger partial charge in [-0.25, -0.2) is 15.0 Å². The van der Waals surface area contributed by atoms with E-state index < -0.39 is 0 Å². The second-order valence-corrected chi connectivity index (χ2v) is 4.40. The highest BCUT2D eigenvalue weighted by molar-refractivity contribution is 5.81. The van der Waals surface area contributed by atoms with E-state index in [9.17, 15) is 5.11 Å². The Hall–Kier alpha value is -1.77. The number of imidazole rings is 1. The Morgan fingerprint density at radius 2 is 2.37 bits per heavy atom. The average Bonchev–Trinajstić information content (AvgIpc) is 3.02. The zero-order valence-corrected chi connectivity index (χ0v) is 10.4. The average molecular weight is 265 g/mol. The van der Waals surface area contributed by atoms with Crippen LogP contribution in [0, 0.1) is 0 Å². The van der Waals surface area contributed by atoms with Crippen LogP contribution in [0.2, 0.25) is 0 Å². The van der Waals surface area contributed by atoms with Gasteiger partial charge in [-0.3, -0.25) is 4.57 Å². The van der Waals surface area contributed by atoms with Crippen molar-refractivity contribution in [3.05, 3.63) is 12.7 Å². The van der Waals surface area contributed by atoms with Gasteiger partial charge in [0.2, 0.25) is 0 Å². The Morgan fingerprint density at radius 3 is 3.05 bits per heavy atom. The predicted octanol–water partition coefficient (Wildman–Crippen LogP) is -0.297. The van der Waals surface area contributed by atoms with Crippen LogP contribution in [0.3, 0.4) is 0 Å². The summed E-state index contributed by atoms with van der Waals surface area (Å²) in [7, 11) is 1.60. The van der Waals surface area contributed by atoms with Crippen molar-refractivity contribution in [3.8, 4) is 0 Å². The number of aliphatic hydroxyl groups excluding tert-OH is 1. The second kappa shape index (κ2) is 4.72. The van der Waals surface area contributed by atoms with Gasteiger partial charge in [0.05, 0.1) is 19.0 Å². The fraction of sp³-hybridized carbons (Fsp3) is 0.545. The number of nitrogens with zero attached hydrogens (tertiary/aromatic N) is 4. The first-order valence-electron chi connectivity index (χ1n) is 5.96. The van der Waals surface area contributed by atoms with Gasteiger partial charge in [0.1, 0.15) is 24.2 Å². The Labute approximate surface area is 109 Å². The molecule has 0 aliphatic carbocycles. The highest BCUT2D eigenvalue weighted by atomic mass is 16.6. The van der Waals surface area contributed by atoms with E-state index in [-0.39, 0.29) is 25.0 Å². The van der Waals surface area contributed by atoms with Gasteiger partial charge in [0.15, 0.2) is 11.5 Å². The van der Waals surface area contributed by atoms with Crippen molar-refractivity contribution in [2.75, 3.05) is 19.5 Å². The van der Waals surface area contributed by atoms with Gasteiger partial charge in [0, 0.05) is 13.5 Å². The summed E-state index contributed by atoms with van der Waals surface area (Å²) < 4.78 is 12.8. The molecule has 3 heterocycles. The molecule has 1 fully saturated rings. The summed E-state index contributed by atoms with van der Waals surface area (Å²) >= 11 is 0. The molecular formula is C11H15N5O3. The van der Waals surface area contributed by atoms with Gasteiger partial charge in [-0.05, 0) is 0 Å². The molecule has 3 N–H and O–H groups in total. The lowest BCUT2D eigenvalue weighted by atomic mass is 10.2. The van der Waals surface area contributed by atoms with Crippen molar-refractivity contribution in [3.63, 3.8) is 0 Å².